The first-order chi connectivity index (χ1) is 11.9. The minimum absolute atomic E-state index is 0.0802. The van der Waals surface area contributed by atoms with Crippen molar-refractivity contribution in [2.45, 2.75) is 33.9 Å². The van der Waals surface area contributed by atoms with Crippen LogP contribution in [0.4, 0.5) is 0 Å². The van der Waals surface area contributed by atoms with Crippen molar-refractivity contribution in [2.75, 3.05) is 26.2 Å². The Hall–Kier alpha value is -1.86. The smallest absolute Gasteiger partial charge is 0.276 e. The zero-order valence-electron chi connectivity index (χ0n) is 15.3. The summed E-state index contributed by atoms with van der Waals surface area (Å²) in [5, 5.41) is 9.12. The van der Waals surface area contributed by atoms with Gasteiger partial charge in [0.15, 0.2) is 5.69 Å². The minimum atomic E-state index is -0.0802. The molecule has 3 heterocycles. The number of aromatic nitrogens is 4. The van der Waals surface area contributed by atoms with Crippen molar-refractivity contribution in [3.05, 3.63) is 33.9 Å². The molecule has 7 nitrogen and oxygen atoms in total. The fourth-order valence-corrected chi connectivity index (χ4v) is 3.42. The van der Waals surface area contributed by atoms with Gasteiger partial charge in [0, 0.05) is 57.6 Å². The largest absolute Gasteiger partial charge is 0.335 e. The molecule has 2 aromatic rings. The van der Waals surface area contributed by atoms with Crippen molar-refractivity contribution in [2.24, 2.45) is 7.05 Å². The van der Waals surface area contributed by atoms with E-state index in [4.69, 9.17) is 11.6 Å². The topological polar surface area (TPSA) is 59.2 Å². The second kappa shape index (κ2) is 7.17. The molecule has 0 aromatic carbocycles. The first-order valence-electron chi connectivity index (χ1n) is 8.64. The molecule has 1 amide bonds. The van der Waals surface area contributed by atoms with Crippen molar-refractivity contribution in [1.29, 1.82) is 0 Å². The fourth-order valence-electron chi connectivity index (χ4n) is 3.18. The van der Waals surface area contributed by atoms with Crippen LogP contribution in [-0.4, -0.2) is 61.4 Å². The second-order valence-electron chi connectivity index (χ2n) is 6.51. The van der Waals surface area contributed by atoms with Gasteiger partial charge in [-0.3, -0.25) is 19.1 Å². The molecule has 3 rings (SSSR count). The van der Waals surface area contributed by atoms with E-state index >= 15 is 0 Å². The van der Waals surface area contributed by atoms with E-state index in [1.165, 1.54) is 11.3 Å². The van der Waals surface area contributed by atoms with Crippen LogP contribution < -0.4 is 0 Å². The molecule has 1 fully saturated rings. The number of halogens is 1. The summed E-state index contributed by atoms with van der Waals surface area (Å²) in [7, 11) is 1.80. The first-order valence-corrected chi connectivity index (χ1v) is 9.02. The van der Waals surface area contributed by atoms with E-state index in [0.29, 0.717) is 23.8 Å². The van der Waals surface area contributed by atoms with Crippen LogP contribution in [0, 0.1) is 13.8 Å². The molecule has 0 saturated carbocycles. The zero-order chi connectivity index (χ0) is 18.1. The average molecular weight is 365 g/mol. The Morgan fingerprint density at radius 3 is 2.40 bits per heavy atom. The Labute approximate surface area is 153 Å². The number of nitrogens with zero attached hydrogens (tertiary/aromatic N) is 6. The van der Waals surface area contributed by atoms with Gasteiger partial charge in [-0.15, -0.1) is 0 Å². The number of carbonyl (C=O) groups is 1. The van der Waals surface area contributed by atoms with E-state index in [-0.39, 0.29) is 5.91 Å². The second-order valence-corrected chi connectivity index (χ2v) is 6.89. The van der Waals surface area contributed by atoms with Gasteiger partial charge in [-0.1, -0.05) is 11.6 Å². The van der Waals surface area contributed by atoms with Crippen LogP contribution in [0.25, 0.3) is 0 Å². The van der Waals surface area contributed by atoms with Gasteiger partial charge in [-0.25, -0.2) is 0 Å². The Balaban J connectivity index is 1.60. The Morgan fingerprint density at radius 1 is 1.20 bits per heavy atom. The van der Waals surface area contributed by atoms with Crippen LogP contribution in [0.15, 0.2) is 6.20 Å². The third kappa shape index (κ3) is 3.43. The highest BCUT2D eigenvalue weighted by Gasteiger charge is 2.27. The van der Waals surface area contributed by atoms with Crippen molar-refractivity contribution in [3.8, 4) is 0 Å². The summed E-state index contributed by atoms with van der Waals surface area (Å²) in [4.78, 5) is 16.9. The molecule has 1 aliphatic heterocycles. The van der Waals surface area contributed by atoms with Gasteiger partial charge in [-0.05, 0) is 20.8 Å². The molecule has 1 aliphatic rings. The van der Waals surface area contributed by atoms with Gasteiger partial charge in [0.25, 0.3) is 5.91 Å². The maximum atomic E-state index is 12.7. The van der Waals surface area contributed by atoms with E-state index in [9.17, 15) is 4.79 Å². The highest BCUT2D eigenvalue weighted by molar-refractivity contribution is 6.34. The number of hydrogen-bond acceptors (Lipinski definition) is 4. The summed E-state index contributed by atoms with van der Waals surface area (Å²) in [5.74, 6) is -0.0802. The highest BCUT2D eigenvalue weighted by atomic mass is 35.5. The standard InChI is InChI=1S/C17H25ClN6O/c1-5-24-12(2)14(10-19-24)11-22-6-8-23(9-7-22)17(25)16-15(18)13(3)21(4)20-16/h10H,5-9,11H2,1-4H3. The minimum Gasteiger partial charge on any atom is -0.335 e. The molecule has 0 N–H and O–H groups in total. The van der Waals surface area contributed by atoms with E-state index < -0.39 is 0 Å². The normalized spacial score (nSPS) is 15.8. The van der Waals surface area contributed by atoms with Gasteiger partial charge < -0.3 is 4.90 Å². The van der Waals surface area contributed by atoms with E-state index in [0.717, 1.165) is 31.9 Å². The van der Waals surface area contributed by atoms with E-state index in [1.807, 2.05) is 22.7 Å². The molecule has 25 heavy (non-hydrogen) atoms. The molecule has 2 aromatic heterocycles. The van der Waals surface area contributed by atoms with Gasteiger partial charge in [0.2, 0.25) is 0 Å². The summed E-state index contributed by atoms with van der Waals surface area (Å²) in [6.07, 6.45) is 1.95. The number of rotatable bonds is 4. The SMILES string of the molecule is CCn1ncc(CN2CCN(C(=O)c3nn(C)c(C)c3Cl)CC2)c1C. The molecular formula is C17H25ClN6O. The molecule has 0 spiro atoms. The van der Waals surface area contributed by atoms with Gasteiger partial charge in [0.05, 0.1) is 16.9 Å². The Morgan fingerprint density at radius 2 is 1.88 bits per heavy atom. The summed E-state index contributed by atoms with van der Waals surface area (Å²) in [6, 6.07) is 0. The lowest BCUT2D eigenvalue weighted by atomic mass is 10.2. The molecule has 8 heteroatoms. The number of piperazine rings is 1. The molecule has 1 saturated heterocycles. The summed E-state index contributed by atoms with van der Waals surface area (Å²) in [5.41, 5.74) is 3.64. The van der Waals surface area contributed by atoms with Crippen LogP contribution >= 0.6 is 11.6 Å². The maximum Gasteiger partial charge on any atom is 0.276 e. The lowest BCUT2D eigenvalue weighted by Crippen LogP contribution is -2.48. The maximum absolute atomic E-state index is 12.7. The molecule has 0 bridgehead atoms. The Bertz CT molecular complexity index is 772. The lowest BCUT2D eigenvalue weighted by molar-refractivity contribution is 0.0622. The van der Waals surface area contributed by atoms with Crippen LogP contribution in [-0.2, 0) is 20.1 Å². The van der Waals surface area contributed by atoms with Gasteiger partial charge >= 0.3 is 0 Å². The number of amides is 1. The van der Waals surface area contributed by atoms with Crippen molar-refractivity contribution in [3.63, 3.8) is 0 Å². The number of carbonyl (C=O) groups excluding carboxylic acids is 1. The van der Waals surface area contributed by atoms with Crippen LogP contribution in [0.5, 0.6) is 0 Å². The fraction of sp³-hybridized carbons (Fsp3) is 0.588. The molecular weight excluding hydrogens is 340 g/mol. The van der Waals surface area contributed by atoms with E-state index in [1.54, 1.807) is 11.7 Å². The Kier molecular flexibility index (Phi) is 5.15. The highest BCUT2D eigenvalue weighted by Crippen LogP contribution is 2.21. The van der Waals surface area contributed by atoms with Gasteiger partial charge in [-0.2, -0.15) is 10.2 Å². The molecule has 0 aliphatic carbocycles. The predicted octanol–water partition coefficient (Wildman–Crippen LogP) is 1.86. The third-order valence-corrected chi connectivity index (χ3v) is 5.47. The third-order valence-electron chi connectivity index (χ3n) is 5.02. The average Bonchev–Trinajstić information content (AvgIpc) is 3.09. The summed E-state index contributed by atoms with van der Waals surface area (Å²) < 4.78 is 3.67. The molecule has 0 atom stereocenters. The van der Waals surface area contributed by atoms with Crippen molar-refractivity contribution in [1.82, 2.24) is 29.4 Å². The predicted molar refractivity (Wildman–Crippen MR) is 96.8 cm³/mol. The van der Waals surface area contributed by atoms with Gasteiger partial charge in [0.1, 0.15) is 0 Å². The zero-order valence-corrected chi connectivity index (χ0v) is 16.0. The lowest BCUT2D eigenvalue weighted by Gasteiger charge is -2.34. The molecule has 0 radical (unpaired) electrons. The van der Waals surface area contributed by atoms with Crippen molar-refractivity contribution < 1.29 is 4.79 Å². The van der Waals surface area contributed by atoms with Crippen molar-refractivity contribution >= 4 is 17.5 Å². The summed E-state index contributed by atoms with van der Waals surface area (Å²) in [6.45, 7) is 10.9. The molecule has 136 valence electrons. The first kappa shape index (κ1) is 17.9. The van der Waals surface area contributed by atoms with Crippen LogP contribution in [0.2, 0.25) is 5.02 Å². The molecule has 0 unspecified atom stereocenters. The number of aryl methyl sites for hydroxylation is 2. The van der Waals surface area contributed by atoms with Crippen LogP contribution in [0.3, 0.4) is 0 Å². The summed E-state index contributed by atoms with van der Waals surface area (Å²) >= 11 is 6.25. The quantitative estimate of drug-likeness (QED) is 0.831. The number of hydrogen-bond donors (Lipinski definition) is 0. The monoisotopic (exact) mass is 364 g/mol. The van der Waals surface area contributed by atoms with E-state index in [2.05, 4.69) is 28.9 Å². The van der Waals surface area contributed by atoms with Crippen LogP contribution in [0.1, 0.15) is 34.4 Å².